The predicted octanol–water partition coefficient (Wildman–Crippen LogP) is 4.74. The Morgan fingerprint density at radius 1 is 1.50 bits per heavy atom. The van der Waals surface area contributed by atoms with Crippen molar-refractivity contribution in [2.45, 2.75) is 38.8 Å². The zero-order valence-corrected chi connectivity index (χ0v) is 18.5. The Hall–Kier alpha value is -2.49. The molecule has 0 saturated carbocycles. The van der Waals surface area contributed by atoms with Crippen LogP contribution < -0.4 is 10.1 Å². The third-order valence-electron chi connectivity index (χ3n) is 5.06. The van der Waals surface area contributed by atoms with Crippen molar-refractivity contribution in [1.29, 1.82) is 0 Å². The summed E-state index contributed by atoms with van der Waals surface area (Å²) in [6, 6.07) is 9.07. The van der Waals surface area contributed by atoms with Gasteiger partial charge in [-0.05, 0) is 68.0 Å². The number of amides is 1. The summed E-state index contributed by atoms with van der Waals surface area (Å²) in [6.45, 7) is 5.04. The van der Waals surface area contributed by atoms with E-state index in [0.717, 1.165) is 29.9 Å². The minimum atomic E-state index is -0.555. The van der Waals surface area contributed by atoms with E-state index < -0.39 is 6.04 Å². The van der Waals surface area contributed by atoms with Crippen molar-refractivity contribution in [3.8, 4) is 16.5 Å². The normalized spacial score (nSPS) is 17.1. The smallest absolute Gasteiger partial charge is 0.247 e. The highest BCUT2D eigenvalue weighted by Crippen LogP contribution is 2.29. The van der Waals surface area contributed by atoms with Crippen molar-refractivity contribution in [3.63, 3.8) is 0 Å². The standard InChI is InChI=1S/C21H24N4O3S2/c1-13-7-8-16(17(11-13)28-12-15-5-3-9-27-15)22-20(26)14(2)25-19(23-24-21(25)29)18-6-4-10-30-18/h4,6-8,10-11,14-15H,3,5,9,12H2,1-2H3,(H,22,26)(H,24,29). The number of carbonyl (C=O) groups excluding carboxylic acids is 1. The highest BCUT2D eigenvalue weighted by Gasteiger charge is 2.23. The second-order valence-corrected chi connectivity index (χ2v) is 8.64. The third-order valence-corrected chi connectivity index (χ3v) is 6.21. The van der Waals surface area contributed by atoms with Gasteiger partial charge in [0.15, 0.2) is 10.6 Å². The number of aromatic nitrogens is 3. The van der Waals surface area contributed by atoms with E-state index in [1.165, 1.54) is 0 Å². The maximum atomic E-state index is 13.1. The lowest BCUT2D eigenvalue weighted by Crippen LogP contribution is -2.25. The van der Waals surface area contributed by atoms with Gasteiger partial charge < -0.3 is 14.8 Å². The number of nitrogens with one attached hydrogen (secondary N) is 2. The van der Waals surface area contributed by atoms with Gasteiger partial charge in [-0.3, -0.25) is 14.5 Å². The van der Waals surface area contributed by atoms with Crippen LogP contribution in [0.25, 0.3) is 10.7 Å². The first-order chi connectivity index (χ1) is 14.5. The largest absolute Gasteiger partial charge is 0.489 e. The monoisotopic (exact) mass is 444 g/mol. The number of anilines is 1. The first-order valence-corrected chi connectivity index (χ1v) is 11.2. The Morgan fingerprint density at radius 2 is 2.37 bits per heavy atom. The van der Waals surface area contributed by atoms with E-state index in [-0.39, 0.29) is 12.0 Å². The van der Waals surface area contributed by atoms with Crippen LogP contribution >= 0.6 is 23.6 Å². The number of hydrogen-bond donors (Lipinski definition) is 2. The summed E-state index contributed by atoms with van der Waals surface area (Å²) in [6.07, 6.45) is 2.15. The fraction of sp³-hybridized carbons (Fsp3) is 0.381. The molecule has 1 fully saturated rings. The molecule has 0 bridgehead atoms. The van der Waals surface area contributed by atoms with Gasteiger partial charge >= 0.3 is 0 Å². The van der Waals surface area contributed by atoms with Crippen LogP contribution in [0.4, 0.5) is 5.69 Å². The SMILES string of the molecule is Cc1ccc(NC(=O)C(C)n2c(-c3cccs3)n[nH]c2=S)c(OCC2CCCO2)c1. The van der Waals surface area contributed by atoms with E-state index in [9.17, 15) is 4.79 Å². The number of nitrogens with zero attached hydrogens (tertiary/aromatic N) is 2. The van der Waals surface area contributed by atoms with Crippen molar-refractivity contribution in [2.75, 3.05) is 18.5 Å². The molecule has 2 aromatic heterocycles. The molecule has 30 heavy (non-hydrogen) atoms. The summed E-state index contributed by atoms with van der Waals surface area (Å²) in [5, 5.41) is 12.1. The molecule has 3 heterocycles. The molecule has 1 aromatic carbocycles. The maximum Gasteiger partial charge on any atom is 0.247 e. The molecule has 2 atom stereocenters. The van der Waals surface area contributed by atoms with Crippen molar-refractivity contribution >= 4 is 35.1 Å². The van der Waals surface area contributed by atoms with Gasteiger partial charge in [-0.15, -0.1) is 11.3 Å². The zero-order chi connectivity index (χ0) is 21.1. The Balaban J connectivity index is 1.53. The van der Waals surface area contributed by atoms with Gasteiger partial charge in [-0.2, -0.15) is 5.10 Å². The number of aryl methyl sites for hydroxylation is 1. The molecule has 1 aliphatic heterocycles. The van der Waals surface area contributed by atoms with Crippen LogP contribution in [0.5, 0.6) is 5.75 Å². The fourth-order valence-electron chi connectivity index (χ4n) is 3.41. The van der Waals surface area contributed by atoms with Gasteiger partial charge in [0.1, 0.15) is 18.4 Å². The molecule has 1 saturated heterocycles. The maximum absolute atomic E-state index is 13.1. The summed E-state index contributed by atoms with van der Waals surface area (Å²) in [7, 11) is 0. The molecule has 0 aliphatic carbocycles. The van der Waals surface area contributed by atoms with Gasteiger partial charge in [-0.1, -0.05) is 12.1 Å². The van der Waals surface area contributed by atoms with Crippen LogP contribution in [-0.2, 0) is 9.53 Å². The highest BCUT2D eigenvalue weighted by atomic mass is 32.1. The molecule has 1 aliphatic rings. The van der Waals surface area contributed by atoms with Crippen LogP contribution in [-0.4, -0.2) is 40.0 Å². The summed E-state index contributed by atoms with van der Waals surface area (Å²) < 4.78 is 13.8. The van der Waals surface area contributed by atoms with Crippen molar-refractivity contribution in [2.24, 2.45) is 0 Å². The molecule has 2 unspecified atom stereocenters. The number of rotatable bonds is 7. The van der Waals surface area contributed by atoms with Gasteiger partial charge in [-0.25, -0.2) is 0 Å². The van der Waals surface area contributed by atoms with Crippen molar-refractivity contribution < 1.29 is 14.3 Å². The van der Waals surface area contributed by atoms with Gasteiger partial charge in [0, 0.05) is 6.61 Å². The van der Waals surface area contributed by atoms with Crippen LogP contribution in [0.15, 0.2) is 35.7 Å². The molecule has 4 rings (SSSR count). The molecule has 7 nitrogen and oxygen atoms in total. The summed E-state index contributed by atoms with van der Waals surface area (Å²) in [5.74, 6) is 1.09. The van der Waals surface area contributed by atoms with E-state index in [1.807, 2.05) is 42.6 Å². The lowest BCUT2D eigenvalue weighted by molar-refractivity contribution is -0.118. The van der Waals surface area contributed by atoms with Crippen LogP contribution in [0.3, 0.4) is 0 Å². The lowest BCUT2D eigenvalue weighted by Gasteiger charge is -2.18. The predicted molar refractivity (Wildman–Crippen MR) is 120 cm³/mol. The Labute approximate surface area is 184 Å². The fourth-order valence-corrected chi connectivity index (χ4v) is 4.41. The number of carbonyl (C=O) groups is 1. The quantitative estimate of drug-likeness (QED) is 0.515. The van der Waals surface area contributed by atoms with E-state index in [4.69, 9.17) is 21.7 Å². The molecule has 3 aromatic rings. The van der Waals surface area contributed by atoms with Gasteiger partial charge in [0.2, 0.25) is 5.91 Å². The van der Waals surface area contributed by atoms with E-state index in [1.54, 1.807) is 22.8 Å². The molecular weight excluding hydrogens is 420 g/mol. The van der Waals surface area contributed by atoms with Crippen LogP contribution in [0.2, 0.25) is 0 Å². The van der Waals surface area contributed by atoms with Crippen LogP contribution in [0, 0.1) is 11.7 Å². The number of benzene rings is 1. The molecule has 0 spiro atoms. The Bertz CT molecular complexity index is 1070. The third kappa shape index (κ3) is 4.48. The van der Waals surface area contributed by atoms with Gasteiger partial charge in [0.25, 0.3) is 0 Å². The van der Waals surface area contributed by atoms with Crippen LogP contribution in [0.1, 0.15) is 31.4 Å². The minimum Gasteiger partial charge on any atom is -0.489 e. The summed E-state index contributed by atoms with van der Waals surface area (Å²) in [5.41, 5.74) is 1.68. The summed E-state index contributed by atoms with van der Waals surface area (Å²) >= 11 is 6.93. The highest BCUT2D eigenvalue weighted by molar-refractivity contribution is 7.71. The number of H-pyrrole nitrogens is 1. The van der Waals surface area contributed by atoms with Gasteiger partial charge in [0.05, 0.1) is 16.7 Å². The Morgan fingerprint density at radius 3 is 3.10 bits per heavy atom. The molecule has 0 radical (unpaired) electrons. The average molecular weight is 445 g/mol. The zero-order valence-electron chi connectivity index (χ0n) is 16.9. The first-order valence-electron chi connectivity index (χ1n) is 9.89. The topological polar surface area (TPSA) is 81.2 Å². The average Bonchev–Trinajstić information content (AvgIpc) is 3.49. The van der Waals surface area contributed by atoms with E-state index in [0.29, 0.717) is 28.6 Å². The lowest BCUT2D eigenvalue weighted by atomic mass is 10.2. The first kappa shape index (κ1) is 20.8. The number of thiophene rings is 1. The van der Waals surface area contributed by atoms with E-state index in [2.05, 4.69) is 15.5 Å². The summed E-state index contributed by atoms with van der Waals surface area (Å²) in [4.78, 5) is 14.0. The molecule has 2 N–H and O–H groups in total. The number of hydrogen-bond acceptors (Lipinski definition) is 6. The second kappa shape index (κ2) is 9.11. The number of ether oxygens (including phenoxy) is 2. The molecule has 158 valence electrons. The van der Waals surface area contributed by atoms with Crippen molar-refractivity contribution in [3.05, 3.63) is 46.0 Å². The van der Waals surface area contributed by atoms with E-state index >= 15 is 0 Å². The van der Waals surface area contributed by atoms with Crippen molar-refractivity contribution in [1.82, 2.24) is 14.8 Å². The number of aromatic amines is 1. The second-order valence-electron chi connectivity index (χ2n) is 7.31. The minimum absolute atomic E-state index is 0.102. The molecule has 1 amide bonds. The molecule has 9 heteroatoms. The Kier molecular flexibility index (Phi) is 6.31. The molecular formula is C21H24N4O3S2.